The van der Waals surface area contributed by atoms with Crippen molar-refractivity contribution in [3.8, 4) is 6.07 Å². The van der Waals surface area contributed by atoms with Crippen LogP contribution in [0, 0.1) is 17.2 Å². The molecule has 1 aromatic carbocycles. The molecule has 1 unspecified atom stereocenters. The van der Waals surface area contributed by atoms with Gasteiger partial charge in [-0.05, 0) is 29.5 Å². The van der Waals surface area contributed by atoms with Crippen molar-refractivity contribution in [1.29, 1.82) is 5.26 Å². The van der Waals surface area contributed by atoms with Crippen molar-refractivity contribution in [3.05, 3.63) is 34.3 Å². The number of nitrogens with zero attached hydrogens (tertiary/aromatic N) is 1. The highest BCUT2D eigenvalue weighted by Crippen LogP contribution is 2.28. The molecular weight excluding hydrogens is 238 g/mol. The van der Waals surface area contributed by atoms with Gasteiger partial charge in [0.05, 0.1) is 6.07 Å². The minimum absolute atomic E-state index is 0.355. The Morgan fingerprint density at radius 3 is 2.29 bits per heavy atom. The molecule has 0 heterocycles. The number of hydrogen-bond acceptors (Lipinski definition) is 1. The summed E-state index contributed by atoms with van der Waals surface area (Å²) in [5.41, 5.74) is 1.25. The summed E-state index contributed by atoms with van der Waals surface area (Å²) in [6.07, 6.45) is 0.597. The van der Waals surface area contributed by atoms with Crippen molar-refractivity contribution in [2.75, 3.05) is 0 Å². The third-order valence-corrected chi connectivity index (χ3v) is 2.94. The normalized spacial score (nSPS) is 12.5. The van der Waals surface area contributed by atoms with Crippen molar-refractivity contribution in [3.63, 3.8) is 0 Å². The van der Waals surface area contributed by atoms with Crippen LogP contribution in [0.25, 0.3) is 0 Å². The molecule has 74 valence electrons. The molecule has 0 aliphatic rings. The summed E-state index contributed by atoms with van der Waals surface area (Å²) >= 11 is 3.41. The van der Waals surface area contributed by atoms with Gasteiger partial charge in [-0.1, -0.05) is 41.9 Å². The van der Waals surface area contributed by atoms with Crippen molar-refractivity contribution in [1.82, 2.24) is 0 Å². The van der Waals surface area contributed by atoms with E-state index in [9.17, 15) is 0 Å². The smallest absolute Gasteiger partial charge is 0.0628 e. The zero-order valence-corrected chi connectivity index (χ0v) is 10.1. The van der Waals surface area contributed by atoms with Crippen LogP contribution in [0.5, 0.6) is 0 Å². The van der Waals surface area contributed by atoms with Gasteiger partial charge in [0.15, 0.2) is 0 Å². The molecule has 0 amide bonds. The highest BCUT2D eigenvalue weighted by molar-refractivity contribution is 9.10. The fourth-order valence-corrected chi connectivity index (χ4v) is 1.81. The maximum atomic E-state index is 8.74. The van der Waals surface area contributed by atoms with Crippen molar-refractivity contribution in [2.24, 2.45) is 5.92 Å². The molecule has 0 aliphatic heterocycles. The molecule has 1 nitrogen and oxygen atoms in total. The van der Waals surface area contributed by atoms with Gasteiger partial charge in [0.25, 0.3) is 0 Å². The summed E-state index contributed by atoms with van der Waals surface area (Å²) in [6.45, 7) is 4.31. The first-order valence-corrected chi connectivity index (χ1v) is 5.57. The van der Waals surface area contributed by atoms with Crippen LogP contribution in [0.4, 0.5) is 0 Å². The lowest BCUT2D eigenvalue weighted by Crippen LogP contribution is -2.05. The summed E-state index contributed by atoms with van der Waals surface area (Å²) in [6, 6.07) is 10.5. The molecule has 1 atom stereocenters. The molecule has 0 aliphatic carbocycles. The Labute approximate surface area is 93.9 Å². The predicted molar refractivity (Wildman–Crippen MR) is 62.0 cm³/mol. The van der Waals surface area contributed by atoms with Crippen LogP contribution in [-0.4, -0.2) is 0 Å². The minimum atomic E-state index is 0.355. The van der Waals surface area contributed by atoms with Gasteiger partial charge in [0, 0.05) is 10.9 Å². The number of rotatable bonds is 3. The molecule has 14 heavy (non-hydrogen) atoms. The molecule has 0 aromatic heterocycles. The molecule has 0 saturated heterocycles. The molecule has 0 bridgehead atoms. The molecular formula is C12H14BrN. The van der Waals surface area contributed by atoms with E-state index in [-0.39, 0.29) is 0 Å². The fraction of sp³-hybridized carbons (Fsp3) is 0.417. The van der Waals surface area contributed by atoms with Crippen LogP contribution in [-0.2, 0) is 0 Å². The third kappa shape index (κ3) is 2.85. The lowest BCUT2D eigenvalue weighted by Gasteiger charge is -2.18. The highest BCUT2D eigenvalue weighted by atomic mass is 79.9. The van der Waals surface area contributed by atoms with Crippen LogP contribution in [0.1, 0.15) is 31.7 Å². The number of hydrogen-bond donors (Lipinski definition) is 0. The van der Waals surface area contributed by atoms with Gasteiger partial charge >= 0.3 is 0 Å². The zero-order chi connectivity index (χ0) is 10.6. The quantitative estimate of drug-likeness (QED) is 0.794. The van der Waals surface area contributed by atoms with E-state index in [1.165, 1.54) is 5.56 Å². The first-order chi connectivity index (χ1) is 6.65. The average Bonchev–Trinajstić information content (AvgIpc) is 2.15. The first kappa shape index (κ1) is 11.3. The van der Waals surface area contributed by atoms with Crippen LogP contribution in [0.15, 0.2) is 28.7 Å². The minimum Gasteiger partial charge on any atom is -0.198 e. The largest absolute Gasteiger partial charge is 0.198 e. The Kier molecular flexibility index (Phi) is 4.16. The number of halogens is 1. The van der Waals surface area contributed by atoms with Crippen molar-refractivity contribution < 1.29 is 0 Å². The fourth-order valence-electron chi connectivity index (χ4n) is 1.55. The van der Waals surface area contributed by atoms with E-state index in [1.54, 1.807) is 0 Å². The molecule has 0 fully saturated rings. The van der Waals surface area contributed by atoms with Crippen LogP contribution >= 0.6 is 15.9 Å². The number of nitriles is 1. The standard InChI is InChI=1S/C12H14BrN/c1-9(2)12(7-8-14)10-3-5-11(13)6-4-10/h3-6,9,12H,7H2,1-2H3. The van der Waals surface area contributed by atoms with E-state index in [2.05, 4.69) is 48.0 Å². The maximum Gasteiger partial charge on any atom is 0.0628 e. The molecule has 2 heteroatoms. The zero-order valence-electron chi connectivity index (χ0n) is 8.50. The third-order valence-electron chi connectivity index (χ3n) is 2.41. The summed E-state index contributed by atoms with van der Waals surface area (Å²) in [5, 5.41) is 8.74. The van der Waals surface area contributed by atoms with E-state index in [1.807, 2.05) is 12.1 Å². The van der Waals surface area contributed by atoms with Crippen LogP contribution in [0.3, 0.4) is 0 Å². The van der Waals surface area contributed by atoms with E-state index >= 15 is 0 Å². The first-order valence-electron chi connectivity index (χ1n) is 4.77. The van der Waals surface area contributed by atoms with Crippen LogP contribution < -0.4 is 0 Å². The Balaban J connectivity index is 2.89. The van der Waals surface area contributed by atoms with E-state index < -0.39 is 0 Å². The Hall–Kier alpha value is -0.810. The van der Waals surface area contributed by atoms with Gasteiger partial charge in [-0.25, -0.2) is 0 Å². The Morgan fingerprint density at radius 2 is 1.86 bits per heavy atom. The summed E-state index contributed by atoms with van der Waals surface area (Å²) in [5.74, 6) is 0.865. The molecule has 1 rings (SSSR count). The SMILES string of the molecule is CC(C)C(CC#N)c1ccc(Br)cc1. The van der Waals surface area contributed by atoms with Gasteiger partial charge in [-0.15, -0.1) is 0 Å². The molecule has 0 spiro atoms. The van der Waals surface area contributed by atoms with E-state index in [0.717, 1.165) is 4.47 Å². The van der Waals surface area contributed by atoms with E-state index in [0.29, 0.717) is 18.3 Å². The second-order valence-corrected chi connectivity index (χ2v) is 4.68. The summed E-state index contributed by atoms with van der Waals surface area (Å²) in [4.78, 5) is 0. The molecule has 0 N–H and O–H groups in total. The van der Waals surface area contributed by atoms with Crippen molar-refractivity contribution in [2.45, 2.75) is 26.2 Å². The lowest BCUT2D eigenvalue weighted by molar-refractivity contribution is 0.506. The molecule has 0 saturated carbocycles. The molecule has 0 radical (unpaired) electrons. The van der Waals surface area contributed by atoms with Gasteiger partial charge in [0.1, 0.15) is 0 Å². The average molecular weight is 252 g/mol. The topological polar surface area (TPSA) is 23.8 Å². The van der Waals surface area contributed by atoms with Crippen LogP contribution in [0.2, 0.25) is 0 Å². The Morgan fingerprint density at radius 1 is 1.29 bits per heavy atom. The summed E-state index contributed by atoms with van der Waals surface area (Å²) in [7, 11) is 0. The number of benzene rings is 1. The monoisotopic (exact) mass is 251 g/mol. The lowest BCUT2D eigenvalue weighted by atomic mass is 9.86. The molecule has 1 aromatic rings. The van der Waals surface area contributed by atoms with Gasteiger partial charge in [-0.2, -0.15) is 5.26 Å². The maximum absolute atomic E-state index is 8.74. The van der Waals surface area contributed by atoms with Crippen molar-refractivity contribution >= 4 is 15.9 Å². The van der Waals surface area contributed by atoms with Gasteiger partial charge < -0.3 is 0 Å². The Bertz CT molecular complexity index is 321. The van der Waals surface area contributed by atoms with Gasteiger partial charge in [0.2, 0.25) is 0 Å². The highest BCUT2D eigenvalue weighted by Gasteiger charge is 2.14. The van der Waals surface area contributed by atoms with Gasteiger partial charge in [-0.3, -0.25) is 0 Å². The van der Waals surface area contributed by atoms with E-state index in [4.69, 9.17) is 5.26 Å². The second-order valence-electron chi connectivity index (χ2n) is 3.76. The second kappa shape index (κ2) is 5.17. The predicted octanol–water partition coefficient (Wildman–Crippen LogP) is 4.10. The summed E-state index contributed by atoms with van der Waals surface area (Å²) < 4.78 is 1.08.